The zero-order chi connectivity index (χ0) is 18.6. The minimum Gasteiger partial charge on any atom is -0.353 e. The molecule has 8 heteroatoms. The molecule has 1 saturated heterocycles. The molecule has 2 heterocycles. The molecular formula is C18H21ClN2O3S2. The van der Waals surface area contributed by atoms with Crippen LogP contribution in [0.15, 0.2) is 46.0 Å². The van der Waals surface area contributed by atoms with Crippen molar-refractivity contribution in [1.29, 1.82) is 0 Å². The van der Waals surface area contributed by atoms with Gasteiger partial charge in [0.2, 0.25) is 5.91 Å². The number of carbonyl (C=O) groups excluding carboxylic acids is 1. The van der Waals surface area contributed by atoms with E-state index in [4.69, 9.17) is 11.6 Å². The van der Waals surface area contributed by atoms with Gasteiger partial charge in [-0.25, -0.2) is 8.42 Å². The number of hydrogen-bond donors (Lipinski definition) is 1. The van der Waals surface area contributed by atoms with Gasteiger partial charge in [-0.3, -0.25) is 4.79 Å². The number of amides is 1. The quantitative estimate of drug-likeness (QED) is 0.791. The summed E-state index contributed by atoms with van der Waals surface area (Å²) in [5, 5.41) is 5.47. The van der Waals surface area contributed by atoms with Gasteiger partial charge in [0.15, 0.2) is 0 Å². The maximum absolute atomic E-state index is 12.5. The normalized spacial score (nSPS) is 16.5. The van der Waals surface area contributed by atoms with Gasteiger partial charge in [0, 0.05) is 30.6 Å². The van der Waals surface area contributed by atoms with Gasteiger partial charge < -0.3 is 5.32 Å². The third kappa shape index (κ3) is 4.85. The molecule has 1 amide bonds. The van der Waals surface area contributed by atoms with Crippen LogP contribution in [-0.4, -0.2) is 37.8 Å². The summed E-state index contributed by atoms with van der Waals surface area (Å²) in [6.07, 6.45) is 2.35. The van der Waals surface area contributed by atoms with Crippen molar-refractivity contribution in [2.45, 2.75) is 35.9 Å². The molecule has 0 spiro atoms. The van der Waals surface area contributed by atoms with Gasteiger partial charge in [-0.2, -0.15) is 4.31 Å². The molecule has 3 rings (SSSR count). The van der Waals surface area contributed by atoms with E-state index in [1.165, 1.54) is 15.6 Å². The second-order valence-corrected chi connectivity index (χ2v) is 9.85. The first-order valence-electron chi connectivity index (χ1n) is 8.52. The minimum atomic E-state index is -3.39. The Balaban J connectivity index is 1.45. The van der Waals surface area contributed by atoms with E-state index >= 15 is 0 Å². The molecule has 1 aliphatic heterocycles. The Kier molecular flexibility index (Phi) is 6.34. The van der Waals surface area contributed by atoms with Crippen LogP contribution in [0.4, 0.5) is 0 Å². The maximum atomic E-state index is 12.5. The van der Waals surface area contributed by atoms with Crippen molar-refractivity contribution in [3.8, 4) is 0 Å². The molecule has 1 aromatic heterocycles. The van der Waals surface area contributed by atoms with Crippen LogP contribution in [0, 0.1) is 0 Å². The lowest BCUT2D eigenvalue weighted by atomic mass is 10.1. The number of carbonyl (C=O) groups is 1. The highest BCUT2D eigenvalue weighted by atomic mass is 35.5. The van der Waals surface area contributed by atoms with Crippen LogP contribution in [0.1, 0.15) is 24.8 Å². The Morgan fingerprint density at radius 2 is 1.88 bits per heavy atom. The van der Waals surface area contributed by atoms with Crippen molar-refractivity contribution in [2.75, 3.05) is 13.1 Å². The van der Waals surface area contributed by atoms with Crippen LogP contribution >= 0.6 is 22.9 Å². The van der Waals surface area contributed by atoms with Crippen molar-refractivity contribution in [3.63, 3.8) is 0 Å². The molecular weight excluding hydrogens is 392 g/mol. The number of sulfonamides is 1. The molecule has 0 aliphatic carbocycles. The molecule has 0 bridgehead atoms. The van der Waals surface area contributed by atoms with Crippen LogP contribution in [-0.2, 0) is 21.2 Å². The van der Waals surface area contributed by atoms with Crippen LogP contribution in [0.3, 0.4) is 0 Å². The first-order valence-corrected chi connectivity index (χ1v) is 11.2. The fourth-order valence-electron chi connectivity index (χ4n) is 2.99. The van der Waals surface area contributed by atoms with E-state index in [2.05, 4.69) is 5.32 Å². The number of halogens is 1. The molecule has 1 fully saturated rings. The summed E-state index contributed by atoms with van der Waals surface area (Å²) in [6, 6.07) is 10.9. The minimum absolute atomic E-state index is 0.000450. The van der Waals surface area contributed by atoms with Crippen LogP contribution < -0.4 is 5.32 Å². The molecule has 0 atom stereocenters. The van der Waals surface area contributed by atoms with E-state index in [9.17, 15) is 13.2 Å². The Morgan fingerprint density at radius 1 is 1.19 bits per heavy atom. The number of hydrogen-bond acceptors (Lipinski definition) is 4. The predicted molar refractivity (Wildman–Crippen MR) is 104 cm³/mol. The summed E-state index contributed by atoms with van der Waals surface area (Å²) < 4.78 is 26.9. The SMILES string of the molecule is O=C(CCc1ccc(Cl)cc1)NC1CCN(S(=O)(=O)c2cccs2)CC1. The zero-order valence-electron chi connectivity index (χ0n) is 14.2. The Hall–Kier alpha value is -1.41. The van der Waals surface area contributed by atoms with Gasteiger partial charge >= 0.3 is 0 Å². The Bertz CT molecular complexity index is 828. The number of thiophene rings is 1. The highest BCUT2D eigenvalue weighted by molar-refractivity contribution is 7.91. The van der Waals surface area contributed by atoms with Crippen LogP contribution in [0.5, 0.6) is 0 Å². The average Bonchev–Trinajstić information content (AvgIpc) is 3.17. The summed E-state index contributed by atoms with van der Waals surface area (Å²) in [6.45, 7) is 0.866. The van der Waals surface area contributed by atoms with Crippen molar-refractivity contribution < 1.29 is 13.2 Å². The molecule has 0 saturated carbocycles. The highest BCUT2D eigenvalue weighted by Gasteiger charge is 2.30. The first kappa shape index (κ1) is 19.4. The number of benzene rings is 1. The van der Waals surface area contributed by atoms with Crippen molar-refractivity contribution in [2.24, 2.45) is 0 Å². The van der Waals surface area contributed by atoms with Crippen molar-refractivity contribution in [3.05, 3.63) is 52.4 Å². The lowest BCUT2D eigenvalue weighted by molar-refractivity contribution is -0.122. The summed E-state index contributed by atoms with van der Waals surface area (Å²) in [4.78, 5) is 12.1. The molecule has 2 aromatic rings. The number of aryl methyl sites for hydroxylation is 1. The van der Waals surface area contributed by atoms with Gasteiger partial charge in [0.25, 0.3) is 10.0 Å². The van der Waals surface area contributed by atoms with E-state index in [1.54, 1.807) is 17.5 Å². The predicted octanol–water partition coefficient (Wildman–Crippen LogP) is 3.30. The number of piperidine rings is 1. The second kappa shape index (κ2) is 8.52. The molecule has 5 nitrogen and oxygen atoms in total. The average molecular weight is 413 g/mol. The second-order valence-electron chi connectivity index (χ2n) is 6.30. The van der Waals surface area contributed by atoms with Gasteiger partial charge in [-0.15, -0.1) is 11.3 Å². The van der Waals surface area contributed by atoms with Gasteiger partial charge in [0.05, 0.1) is 0 Å². The fraction of sp³-hybridized carbons (Fsp3) is 0.389. The van der Waals surface area contributed by atoms with E-state index in [-0.39, 0.29) is 11.9 Å². The third-order valence-corrected chi connectivity index (χ3v) is 7.99. The summed E-state index contributed by atoms with van der Waals surface area (Å²) in [5.74, 6) is -0.000450. The van der Waals surface area contributed by atoms with Gasteiger partial charge in [0.1, 0.15) is 4.21 Å². The largest absolute Gasteiger partial charge is 0.353 e. The van der Waals surface area contributed by atoms with Crippen molar-refractivity contribution >= 4 is 38.9 Å². The zero-order valence-corrected chi connectivity index (χ0v) is 16.6. The molecule has 0 radical (unpaired) electrons. The molecule has 26 heavy (non-hydrogen) atoms. The first-order chi connectivity index (χ1) is 12.4. The highest BCUT2D eigenvalue weighted by Crippen LogP contribution is 2.24. The molecule has 1 N–H and O–H groups in total. The molecule has 1 aromatic carbocycles. The maximum Gasteiger partial charge on any atom is 0.252 e. The lowest BCUT2D eigenvalue weighted by Gasteiger charge is -2.31. The number of nitrogens with one attached hydrogen (secondary N) is 1. The Labute approximate surface area is 163 Å². The van der Waals surface area contributed by atoms with E-state index in [1.807, 2.05) is 24.3 Å². The smallest absolute Gasteiger partial charge is 0.252 e. The topological polar surface area (TPSA) is 66.5 Å². The lowest BCUT2D eigenvalue weighted by Crippen LogP contribution is -2.46. The summed E-state index contributed by atoms with van der Waals surface area (Å²) >= 11 is 7.09. The molecule has 1 aliphatic rings. The van der Waals surface area contributed by atoms with Gasteiger partial charge in [-0.1, -0.05) is 29.8 Å². The number of nitrogens with zero attached hydrogens (tertiary/aromatic N) is 1. The van der Waals surface area contributed by atoms with Crippen LogP contribution in [0.25, 0.3) is 0 Å². The van der Waals surface area contributed by atoms with E-state index in [0.29, 0.717) is 48.0 Å². The van der Waals surface area contributed by atoms with Crippen LogP contribution in [0.2, 0.25) is 5.02 Å². The van der Waals surface area contributed by atoms with Crippen molar-refractivity contribution in [1.82, 2.24) is 9.62 Å². The molecule has 140 valence electrons. The fourth-order valence-corrected chi connectivity index (χ4v) is 5.73. The van der Waals surface area contributed by atoms with E-state index < -0.39 is 10.0 Å². The third-order valence-electron chi connectivity index (χ3n) is 4.46. The summed E-state index contributed by atoms with van der Waals surface area (Å²) in [7, 11) is -3.39. The standard InChI is InChI=1S/C18H21ClN2O3S2/c19-15-6-3-14(4-7-15)5-8-17(22)20-16-9-11-21(12-10-16)26(23,24)18-2-1-13-25-18/h1-4,6-7,13,16H,5,8-12H2,(H,20,22). The molecule has 0 unspecified atom stereocenters. The van der Waals surface area contributed by atoms with E-state index in [0.717, 1.165) is 5.56 Å². The monoisotopic (exact) mass is 412 g/mol. The number of rotatable bonds is 6. The van der Waals surface area contributed by atoms with Gasteiger partial charge in [-0.05, 0) is 48.4 Å². The summed E-state index contributed by atoms with van der Waals surface area (Å²) in [5.41, 5.74) is 1.07. The Morgan fingerprint density at radius 3 is 2.50 bits per heavy atom.